The predicted octanol–water partition coefficient (Wildman–Crippen LogP) is -1.68. The Bertz CT molecular complexity index is 135. The van der Waals surface area contributed by atoms with Crippen LogP contribution in [0.3, 0.4) is 0 Å². The van der Waals surface area contributed by atoms with E-state index in [1.54, 1.807) is 0 Å². The fraction of sp³-hybridized carbons (Fsp3) is 0.500. The average Bonchev–Trinajstić information content (AvgIpc) is 1.82. The summed E-state index contributed by atoms with van der Waals surface area (Å²) in [7, 11) is 0. The molecule has 6 nitrogen and oxygen atoms in total. The Morgan fingerprint density at radius 1 is 1.40 bits per heavy atom. The van der Waals surface area contributed by atoms with Crippen molar-refractivity contribution in [1.82, 2.24) is 10.6 Å². The number of nitrogens with one attached hydrogen (secondary N) is 2. The summed E-state index contributed by atoms with van der Waals surface area (Å²) in [5, 5.41) is 4.10. The maximum absolute atomic E-state index is 10.4. The summed E-state index contributed by atoms with van der Waals surface area (Å²) in [6.45, 7) is 0.644. The van der Waals surface area contributed by atoms with Crippen molar-refractivity contribution in [3.8, 4) is 0 Å². The number of imide groups is 1. The van der Waals surface area contributed by atoms with E-state index < -0.39 is 12.1 Å². The third-order valence-electron chi connectivity index (χ3n) is 0.667. The van der Waals surface area contributed by atoms with Gasteiger partial charge in [-0.25, -0.2) is 9.59 Å². The molecule has 0 aliphatic heterocycles. The molecule has 0 aliphatic carbocycles. The average molecular weight is 146 g/mol. The minimum Gasteiger partial charge on any atom is -0.351 e. The molecule has 58 valence electrons. The normalized spacial score (nSPS) is 8.50. The summed E-state index contributed by atoms with van der Waals surface area (Å²) >= 11 is 0. The van der Waals surface area contributed by atoms with Crippen LogP contribution in [-0.2, 0) is 0 Å². The third kappa shape index (κ3) is 4.85. The van der Waals surface area contributed by atoms with Crippen LogP contribution in [0.5, 0.6) is 0 Å². The van der Waals surface area contributed by atoms with E-state index in [0.29, 0.717) is 13.1 Å². The quantitative estimate of drug-likeness (QED) is 0.373. The van der Waals surface area contributed by atoms with Gasteiger partial charge in [0.1, 0.15) is 0 Å². The summed E-state index contributed by atoms with van der Waals surface area (Å²) in [4.78, 5) is 20.4. The lowest BCUT2D eigenvalue weighted by molar-refractivity contribution is 0.231. The van der Waals surface area contributed by atoms with Crippen molar-refractivity contribution in [2.45, 2.75) is 0 Å². The Hall–Kier alpha value is -1.30. The van der Waals surface area contributed by atoms with Gasteiger partial charge in [0.2, 0.25) is 0 Å². The molecule has 4 amide bonds. The van der Waals surface area contributed by atoms with Crippen LogP contribution >= 0.6 is 0 Å². The van der Waals surface area contributed by atoms with E-state index in [-0.39, 0.29) is 0 Å². The molecule has 0 unspecified atom stereocenters. The van der Waals surface area contributed by atoms with E-state index >= 15 is 0 Å². The van der Waals surface area contributed by atoms with Crippen LogP contribution in [0.2, 0.25) is 0 Å². The van der Waals surface area contributed by atoms with E-state index in [4.69, 9.17) is 5.73 Å². The highest BCUT2D eigenvalue weighted by atomic mass is 16.2. The molecular weight excluding hydrogens is 136 g/mol. The number of amides is 4. The van der Waals surface area contributed by atoms with Gasteiger partial charge in [0.05, 0.1) is 0 Å². The van der Waals surface area contributed by atoms with Gasteiger partial charge >= 0.3 is 12.1 Å². The number of hydrogen-bond donors (Lipinski definition) is 4. The number of rotatable bonds is 2. The van der Waals surface area contributed by atoms with Crippen molar-refractivity contribution < 1.29 is 9.59 Å². The molecule has 0 spiro atoms. The van der Waals surface area contributed by atoms with Crippen LogP contribution in [-0.4, -0.2) is 25.2 Å². The third-order valence-corrected chi connectivity index (χ3v) is 0.667. The summed E-state index contributed by atoms with van der Waals surface area (Å²) in [5.74, 6) is 0. The van der Waals surface area contributed by atoms with Gasteiger partial charge in [-0.3, -0.25) is 5.32 Å². The molecule has 0 rings (SSSR count). The van der Waals surface area contributed by atoms with Crippen molar-refractivity contribution in [2.24, 2.45) is 11.5 Å². The maximum Gasteiger partial charge on any atom is 0.322 e. The molecule has 6 heteroatoms. The second-order valence-electron chi connectivity index (χ2n) is 1.53. The van der Waals surface area contributed by atoms with E-state index in [1.165, 1.54) is 0 Å². The fourth-order valence-corrected chi connectivity index (χ4v) is 0.342. The highest BCUT2D eigenvalue weighted by Gasteiger charge is 1.99. The molecule has 0 bridgehead atoms. The Morgan fingerprint density at radius 3 is 2.40 bits per heavy atom. The number of carbonyl (C=O) groups excluding carboxylic acids is 2. The fourth-order valence-electron chi connectivity index (χ4n) is 0.342. The molecule has 6 N–H and O–H groups in total. The molecule has 0 aromatic rings. The minimum absolute atomic E-state index is 0.319. The summed E-state index contributed by atoms with van der Waals surface area (Å²) in [6.07, 6.45) is 0. The van der Waals surface area contributed by atoms with Crippen molar-refractivity contribution in [3.05, 3.63) is 0 Å². The van der Waals surface area contributed by atoms with Crippen molar-refractivity contribution in [3.63, 3.8) is 0 Å². The van der Waals surface area contributed by atoms with Gasteiger partial charge < -0.3 is 16.8 Å². The minimum atomic E-state index is -0.880. The molecule has 0 saturated heterocycles. The molecule has 0 aromatic heterocycles. The summed E-state index contributed by atoms with van der Waals surface area (Å²) < 4.78 is 0. The van der Waals surface area contributed by atoms with Gasteiger partial charge in [0, 0.05) is 13.1 Å². The SMILES string of the molecule is NCCNC(=O)NC(N)=O. The predicted molar refractivity (Wildman–Crippen MR) is 35.2 cm³/mol. The molecule has 0 aromatic carbocycles. The Labute approximate surface area is 57.9 Å². The van der Waals surface area contributed by atoms with Crippen LogP contribution in [0.25, 0.3) is 0 Å². The van der Waals surface area contributed by atoms with Crippen molar-refractivity contribution in [2.75, 3.05) is 13.1 Å². The highest BCUT2D eigenvalue weighted by Crippen LogP contribution is 1.61. The van der Waals surface area contributed by atoms with E-state index in [9.17, 15) is 9.59 Å². The van der Waals surface area contributed by atoms with Gasteiger partial charge in [-0.15, -0.1) is 0 Å². The number of hydrogen-bond acceptors (Lipinski definition) is 3. The van der Waals surface area contributed by atoms with Crippen molar-refractivity contribution in [1.29, 1.82) is 0 Å². The first kappa shape index (κ1) is 8.70. The molecule has 0 fully saturated rings. The van der Waals surface area contributed by atoms with E-state index in [0.717, 1.165) is 0 Å². The largest absolute Gasteiger partial charge is 0.351 e. The Kier molecular flexibility index (Phi) is 3.97. The molecule has 0 aliphatic rings. The lowest BCUT2D eigenvalue weighted by Crippen LogP contribution is -2.43. The Morgan fingerprint density at radius 2 is 2.00 bits per heavy atom. The second kappa shape index (κ2) is 4.57. The molecule has 0 saturated carbocycles. The molecule has 0 radical (unpaired) electrons. The van der Waals surface area contributed by atoms with Crippen LogP contribution in [0.1, 0.15) is 0 Å². The highest BCUT2D eigenvalue weighted by molar-refractivity contribution is 5.92. The standard InChI is InChI=1S/C4H10N4O2/c5-1-2-7-4(10)8-3(6)9/h1-2,5H2,(H4,6,7,8,9,10). The first-order valence-corrected chi connectivity index (χ1v) is 2.71. The van der Waals surface area contributed by atoms with Gasteiger partial charge in [-0.2, -0.15) is 0 Å². The molecule has 0 atom stereocenters. The van der Waals surface area contributed by atoms with Gasteiger partial charge in [-0.05, 0) is 0 Å². The Balaban J connectivity index is 3.35. The molecule has 10 heavy (non-hydrogen) atoms. The van der Waals surface area contributed by atoms with Gasteiger partial charge in [0.15, 0.2) is 0 Å². The van der Waals surface area contributed by atoms with Crippen LogP contribution in [0.15, 0.2) is 0 Å². The van der Waals surface area contributed by atoms with Crippen LogP contribution < -0.4 is 22.1 Å². The smallest absolute Gasteiger partial charge is 0.322 e. The number of carbonyl (C=O) groups is 2. The zero-order valence-electron chi connectivity index (χ0n) is 5.39. The summed E-state index contributed by atoms with van der Waals surface area (Å²) in [6, 6.07) is -1.51. The lowest BCUT2D eigenvalue weighted by Gasteiger charge is -2.00. The zero-order chi connectivity index (χ0) is 7.98. The van der Waals surface area contributed by atoms with E-state index in [2.05, 4.69) is 11.1 Å². The number of urea groups is 2. The topological polar surface area (TPSA) is 110 Å². The van der Waals surface area contributed by atoms with Crippen LogP contribution in [0, 0.1) is 0 Å². The first-order valence-electron chi connectivity index (χ1n) is 2.71. The maximum atomic E-state index is 10.4. The zero-order valence-corrected chi connectivity index (χ0v) is 5.39. The van der Waals surface area contributed by atoms with Gasteiger partial charge in [0.25, 0.3) is 0 Å². The second-order valence-corrected chi connectivity index (χ2v) is 1.53. The number of primary amides is 1. The lowest BCUT2D eigenvalue weighted by atomic mass is 10.6. The monoisotopic (exact) mass is 146 g/mol. The van der Waals surface area contributed by atoms with Gasteiger partial charge in [-0.1, -0.05) is 0 Å². The molecule has 0 heterocycles. The summed E-state index contributed by atoms with van der Waals surface area (Å²) in [5.41, 5.74) is 9.67. The van der Waals surface area contributed by atoms with E-state index in [1.807, 2.05) is 5.32 Å². The molecular formula is C4H10N4O2. The van der Waals surface area contributed by atoms with Crippen molar-refractivity contribution >= 4 is 12.1 Å². The first-order chi connectivity index (χ1) is 4.66. The van der Waals surface area contributed by atoms with Crippen LogP contribution in [0.4, 0.5) is 9.59 Å². The number of nitrogens with two attached hydrogens (primary N) is 2.